The van der Waals surface area contributed by atoms with Crippen LogP contribution in [0.25, 0.3) is 11.4 Å². The number of hydrogen-bond donors (Lipinski definition) is 1. The molecule has 140 valence electrons. The number of carbonyl (C=O) groups is 1. The molecule has 3 rings (SSSR count). The van der Waals surface area contributed by atoms with E-state index >= 15 is 0 Å². The molecule has 3 aromatic heterocycles. The van der Waals surface area contributed by atoms with Crippen molar-refractivity contribution in [2.45, 2.75) is 33.2 Å². The largest absolute Gasteiger partial charge is 0.339 e. The van der Waals surface area contributed by atoms with Crippen molar-refractivity contribution in [3.63, 3.8) is 0 Å². The fourth-order valence-corrected chi connectivity index (χ4v) is 2.53. The Balaban J connectivity index is 1.79. The summed E-state index contributed by atoms with van der Waals surface area (Å²) in [6.45, 7) is 4.38. The Morgan fingerprint density at radius 3 is 2.81 bits per heavy atom. The summed E-state index contributed by atoms with van der Waals surface area (Å²) in [5.74, 6) is 0.863. The van der Waals surface area contributed by atoms with Gasteiger partial charge in [-0.1, -0.05) is 12.1 Å². The molecule has 0 fully saturated rings. The van der Waals surface area contributed by atoms with E-state index in [1.807, 2.05) is 13.8 Å². The number of amides is 1. The van der Waals surface area contributed by atoms with Crippen LogP contribution in [0.2, 0.25) is 0 Å². The maximum Gasteiger partial charge on any atom is 0.264 e. The molecule has 0 atom stereocenters. The number of rotatable bonds is 7. The van der Waals surface area contributed by atoms with Gasteiger partial charge in [-0.05, 0) is 25.5 Å². The second kappa shape index (κ2) is 8.35. The Bertz CT molecular complexity index is 966. The highest BCUT2D eigenvalue weighted by atomic mass is 16.5. The topological polar surface area (TPSA) is 118 Å². The third-order valence-electron chi connectivity index (χ3n) is 3.94. The Hall–Kier alpha value is -3.36. The van der Waals surface area contributed by atoms with Gasteiger partial charge in [-0.15, -0.1) is 0 Å². The van der Waals surface area contributed by atoms with Crippen molar-refractivity contribution in [2.24, 2.45) is 0 Å². The summed E-state index contributed by atoms with van der Waals surface area (Å²) < 4.78 is 5.14. The van der Waals surface area contributed by atoms with Gasteiger partial charge < -0.3 is 14.4 Å². The zero-order valence-corrected chi connectivity index (χ0v) is 15.2. The average Bonchev–Trinajstić information content (AvgIpc) is 3.13. The van der Waals surface area contributed by atoms with Gasteiger partial charge in [-0.25, -0.2) is 4.98 Å². The van der Waals surface area contributed by atoms with Crippen LogP contribution in [-0.2, 0) is 13.0 Å². The predicted octanol–water partition coefficient (Wildman–Crippen LogP) is 1.83. The SMILES string of the molecule is CCCc1nc(CN(CC)C(=O)c2cnc(-c3cccnc3)[nH]c2=O)no1. The third kappa shape index (κ3) is 4.25. The second-order valence-corrected chi connectivity index (χ2v) is 5.89. The average molecular weight is 368 g/mol. The normalized spacial score (nSPS) is 10.7. The molecule has 0 aromatic carbocycles. The van der Waals surface area contributed by atoms with Gasteiger partial charge in [-0.2, -0.15) is 4.98 Å². The molecule has 0 radical (unpaired) electrons. The molecule has 1 N–H and O–H groups in total. The molecule has 1 amide bonds. The van der Waals surface area contributed by atoms with Crippen LogP contribution in [0.4, 0.5) is 0 Å². The first kappa shape index (κ1) is 18.4. The van der Waals surface area contributed by atoms with Gasteiger partial charge in [-0.3, -0.25) is 14.6 Å². The summed E-state index contributed by atoms with van der Waals surface area (Å²) in [5.41, 5.74) is 0.116. The van der Waals surface area contributed by atoms with Crippen molar-refractivity contribution in [1.29, 1.82) is 0 Å². The zero-order valence-electron chi connectivity index (χ0n) is 15.2. The van der Waals surface area contributed by atoms with E-state index in [2.05, 4.69) is 25.1 Å². The quantitative estimate of drug-likeness (QED) is 0.676. The summed E-state index contributed by atoms with van der Waals surface area (Å²) in [5, 5.41) is 3.89. The van der Waals surface area contributed by atoms with E-state index < -0.39 is 11.5 Å². The van der Waals surface area contributed by atoms with Crippen molar-refractivity contribution in [3.8, 4) is 11.4 Å². The van der Waals surface area contributed by atoms with E-state index in [0.29, 0.717) is 36.1 Å². The predicted molar refractivity (Wildman–Crippen MR) is 96.8 cm³/mol. The molecule has 0 aliphatic carbocycles. The van der Waals surface area contributed by atoms with E-state index in [-0.39, 0.29) is 12.1 Å². The van der Waals surface area contributed by atoms with Gasteiger partial charge in [0.15, 0.2) is 5.82 Å². The minimum atomic E-state index is -0.507. The molecule has 9 nitrogen and oxygen atoms in total. The monoisotopic (exact) mass is 368 g/mol. The lowest BCUT2D eigenvalue weighted by atomic mass is 10.2. The molecule has 0 unspecified atom stereocenters. The van der Waals surface area contributed by atoms with Crippen molar-refractivity contribution in [2.75, 3.05) is 6.54 Å². The first-order chi connectivity index (χ1) is 13.1. The van der Waals surface area contributed by atoms with Gasteiger partial charge in [0.05, 0.1) is 6.54 Å². The van der Waals surface area contributed by atoms with Crippen LogP contribution in [0.5, 0.6) is 0 Å². The number of aromatic nitrogens is 5. The smallest absolute Gasteiger partial charge is 0.264 e. The van der Waals surface area contributed by atoms with E-state index in [1.54, 1.807) is 24.5 Å². The molecule has 0 saturated heterocycles. The number of carbonyl (C=O) groups excluding carboxylic acids is 1. The molecular weight excluding hydrogens is 348 g/mol. The second-order valence-electron chi connectivity index (χ2n) is 5.89. The van der Waals surface area contributed by atoms with E-state index in [0.717, 1.165) is 6.42 Å². The minimum Gasteiger partial charge on any atom is -0.339 e. The van der Waals surface area contributed by atoms with Crippen LogP contribution in [-0.4, -0.2) is 42.4 Å². The molecule has 0 spiro atoms. The van der Waals surface area contributed by atoms with Gasteiger partial charge in [0.1, 0.15) is 11.4 Å². The third-order valence-corrected chi connectivity index (χ3v) is 3.94. The summed E-state index contributed by atoms with van der Waals surface area (Å²) in [4.78, 5) is 41.7. The Morgan fingerprint density at radius 1 is 1.30 bits per heavy atom. The van der Waals surface area contributed by atoms with Gasteiger partial charge in [0, 0.05) is 37.1 Å². The number of aromatic amines is 1. The number of hydrogen-bond acceptors (Lipinski definition) is 7. The van der Waals surface area contributed by atoms with E-state index in [1.165, 1.54) is 11.1 Å². The highest BCUT2D eigenvalue weighted by molar-refractivity contribution is 5.93. The van der Waals surface area contributed by atoms with E-state index in [4.69, 9.17) is 4.52 Å². The number of H-pyrrole nitrogens is 1. The van der Waals surface area contributed by atoms with Crippen molar-refractivity contribution in [3.05, 3.63) is 58.4 Å². The van der Waals surface area contributed by atoms with Crippen LogP contribution in [0.1, 0.15) is 42.3 Å². The van der Waals surface area contributed by atoms with Crippen LogP contribution in [0, 0.1) is 0 Å². The molecule has 9 heteroatoms. The number of nitrogens with zero attached hydrogens (tertiary/aromatic N) is 5. The maximum absolute atomic E-state index is 12.7. The lowest BCUT2D eigenvalue weighted by molar-refractivity contribution is 0.0745. The number of pyridine rings is 1. The molecule has 0 saturated carbocycles. The lowest BCUT2D eigenvalue weighted by Crippen LogP contribution is -2.35. The molecule has 3 heterocycles. The molecule has 0 aliphatic rings. The lowest BCUT2D eigenvalue weighted by Gasteiger charge is -2.18. The first-order valence-corrected chi connectivity index (χ1v) is 8.72. The van der Waals surface area contributed by atoms with Crippen molar-refractivity contribution >= 4 is 5.91 Å². The number of nitrogens with one attached hydrogen (secondary N) is 1. The summed E-state index contributed by atoms with van der Waals surface area (Å²) in [6.07, 6.45) is 6.07. The highest BCUT2D eigenvalue weighted by Gasteiger charge is 2.21. The van der Waals surface area contributed by atoms with Crippen LogP contribution < -0.4 is 5.56 Å². The van der Waals surface area contributed by atoms with Crippen LogP contribution in [0.3, 0.4) is 0 Å². The molecular formula is C18H20N6O3. The van der Waals surface area contributed by atoms with Gasteiger partial charge in [0.25, 0.3) is 11.5 Å². The zero-order chi connectivity index (χ0) is 19.2. The molecule has 0 bridgehead atoms. The van der Waals surface area contributed by atoms with Gasteiger partial charge in [0.2, 0.25) is 5.89 Å². The summed E-state index contributed by atoms with van der Waals surface area (Å²) >= 11 is 0. The molecule has 3 aromatic rings. The summed E-state index contributed by atoms with van der Waals surface area (Å²) in [6, 6.07) is 3.51. The minimum absolute atomic E-state index is 0.0400. The van der Waals surface area contributed by atoms with Crippen molar-refractivity contribution < 1.29 is 9.32 Å². The standard InChI is InChI=1S/C18H20N6O3/c1-3-6-15-21-14(23-27-15)11-24(4-2)18(26)13-10-20-16(22-17(13)25)12-7-5-8-19-9-12/h5,7-10H,3-4,6,11H2,1-2H3,(H,20,22,25). The first-order valence-electron chi connectivity index (χ1n) is 8.72. The number of aryl methyl sites for hydroxylation is 1. The van der Waals surface area contributed by atoms with Crippen molar-refractivity contribution in [1.82, 2.24) is 30.0 Å². The fraction of sp³-hybridized carbons (Fsp3) is 0.333. The van der Waals surface area contributed by atoms with E-state index in [9.17, 15) is 9.59 Å². The molecule has 0 aliphatic heterocycles. The fourth-order valence-electron chi connectivity index (χ4n) is 2.53. The van der Waals surface area contributed by atoms with Crippen LogP contribution in [0.15, 0.2) is 40.0 Å². The Kier molecular flexibility index (Phi) is 5.70. The Labute approximate surface area is 155 Å². The summed E-state index contributed by atoms with van der Waals surface area (Å²) in [7, 11) is 0. The highest BCUT2D eigenvalue weighted by Crippen LogP contribution is 2.11. The van der Waals surface area contributed by atoms with Gasteiger partial charge >= 0.3 is 0 Å². The Morgan fingerprint density at radius 2 is 2.15 bits per heavy atom. The van der Waals surface area contributed by atoms with Crippen LogP contribution >= 0.6 is 0 Å². The maximum atomic E-state index is 12.7. The molecule has 27 heavy (non-hydrogen) atoms.